The summed E-state index contributed by atoms with van der Waals surface area (Å²) in [6, 6.07) is 5.15. The topological polar surface area (TPSA) is 90.0 Å². The molecule has 1 aromatic carbocycles. The molecular weight excluding hydrogens is 367 g/mol. The van der Waals surface area contributed by atoms with Crippen molar-refractivity contribution in [2.45, 2.75) is 13.1 Å². The molecule has 0 aromatic heterocycles. The minimum absolute atomic E-state index is 0.234. The standard InChI is InChI=1S/C17H20F3N3O4/c1-3-22(2)14(24)10-5-4-6-11(7-10)21-16(27)23-8-12(15(25)26)13(9-23)17(18,19)20/h4-7,12-13H,3,8-9H2,1-2H3,(H,21,27)(H,25,26)/t12-,13-/m1/s1. The molecular formula is C17H20F3N3O4. The monoisotopic (exact) mass is 387 g/mol. The maximum absolute atomic E-state index is 13.0. The smallest absolute Gasteiger partial charge is 0.394 e. The second-order valence-corrected chi connectivity index (χ2v) is 6.33. The first kappa shape index (κ1) is 20.5. The predicted octanol–water partition coefficient (Wildman–Crippen LogP) is 2.51. The van der Waals surface area contributed by atoms with Crippen LogP contribution in [0.5, 0.6) is 0 Å². The second-order valence-electron chi connectivity index (χ2n) is 6.33. The number of carbonyl (C=O) groups is 3. The van der Waals surface area contributed by atoms with Gasteiger partial charge in [0.2, 0.25) is 0 Å². The molecule has 0 bridgehead atoms. The minimum Gasteiger partial charge on any atom is -0.481 e. The number of carboxylic acid groups (broad SMARTS) is 1. The van der Waals surface area contributed by atoms with Crippen LogP contribution in [0.1, 0.15) is 17.3 Å². The summed E-state index contributed by atoms with van der Waals surface area (Å²) in [6.45, 7) is 1.01. The highest BCUT2D eigenvalue weighted by atomic mass is 19.4. The molecule has 0 aliphatic carbocycles. The van der Waals surface area contributed by atoms with Crippen LogP contribution in [0.3, 0.4) is 0 Å². The number of rotatable bonds is 4. The highest BCUT2D eigenvalue weighted by Crippen LogP contribution is 2.37. The molecule has 27 heavy (non-hydrogen) atoms. The van der Waals surface area contributed by atoms with Gasteiger partial charge in [0.1, 0.15) is 0 Å². The van der Waals surface area contributed by atoms with Gasteiger partial charge in [-0.1, -0.05) is 6.07 Å². The van der Waals surface area contributed by atoms with E-state index in [1.165, 1.54) is 23.1 Å². The number of amides is 3. The third-order valence-corrected chi connectivity index (χ3v) is 4.53. The van der Waals surface area contributed by atoms with E-state index in [2.05, 4.69) is 5.32 Å². The molecule has 0 saturated carbocycles. The summed E-state index contributed by atoms with van der Waals surface area (Å²) in [6.07, 6.45) is -4.71. The summed E-state index contributed by atoms with van der Waals surface area (Å²) in [5.74, 6) is -5.69. The molecule has 1 aliphatic heterocycles. The number of benzene rings is 1. The lowest BCUT2D eigenvalue weighted by Gasteiger charge is -2.19. The van der Waals surface area contributed by atoms with E-state index in [0.29, 0.717) is 12.1 Å². The highest BCUT2D eigenvalue weighted by molar-refractivity contribution is 5.97. The Morgan fingerprint density at radius 2 is 1.96 bits per heavy atom. The van der Waals surface area contributed by atoms with Gasteiger partial charge in [0.25, 0.3) is 5.91 Å². The Hall–Kier alpha value is -2.78. The van der Waals surface area contributed by atoms with Gasteiger partial charge in [-0.3, -0.25) is 9.59 Å². The fraction of sp³-hybridized carbons (Fsp3) is 0.471. The third kappa shape index (κ3) is 4.69. The third-order valence-electron chi connectivity index (χ3n) is 4.53. The van der Waals surface area contributed by atoms with Crippen LogP contribution in [0.2, 0.25) is 0 Å². The number of anilines is 1. The zero-order valence-corrected chi connectivity index (χ0v) is 14.8. The van der Waals surface area contributed by atoms with E-state index in [1.807, 2.05) is 0 Å². The number of hydrogen-bond donors (Lipinski definition) is 2. The van der Waals surface area contributed by atoms with Crippen LogP contribution < -0.4 is 5.32 Å². The Kier molecular flexibility index (Phi) is 5.97. The predicted molar refractivity (Wildman–Crippen MR) is 90.3 cm³/mol. The molecule has 7 nitrogen and oxygen atoms in total. The number of alkyl halides is 3. The summed E-state index contributed by atoms with van der Waals surface area (Å²) in [7, 11) is 1.61. The van der Waals surface area contributed by atoms with Crippen molar-refractivity contribution >= 4 is 23.6 Å². The Morgan fingerprint density at radius 3 is 2.48 bits per heavy atom. The van der Waals surface area contributed by atoms with Crippen LogP contribution in [-0.4, -0.2) is 65.7 Å². The molecule has 1 aromatic rings. The van der Waals surface area contributed by atoms with Crippen LogP contribution in [-0.2, 0) is 4.79 Å². The fourth-order valence-electron chi connectivity index (χ4n) is 2.85. The van der Waals surface area contributed by atoms with Crippen LogP contribution in [0.4, 0.5) is 23.7 Å². The number of halogens is 3. The average Bonchev–Trinajstić information content (AvgIpc) is 3.07. The van der Waals surface area contributed by atoms with Gasteiger partial charge in [-0.25, -0.2) is 4.79 Å². The molecule has 0 spiro atoms. The fourth-order valence-corrected chi connectivity index (χ4v) is 2.85. The highest BCUT2D eigenvalue weighted by Gasteiger charge is 2.53. The normalized spacial score (nSPS) is 19.7. The lowest BCUT2D eigenvalue weighted by molar-refractivity contribution is -0.187. The summed E-state index contributed by atoms with van der Waals surface area (Å²) in [4.78, 5) is 37.8. The van der Waals surface area contributed by atoms with Gasteiger partial charge in [-0.2, -0.15) is 13.2 Å². The first-order chi connectivity index (χ1) is 12.5. The van der Waals surface area contributed by atoms with Crippen molar-refractivity contribution in [3.8, 4) is 0 Å². The van der Waals surface area contributed by atoms with E-state index in [4.69, 9.17) is 5.11 Å². The first-order valence-electron chi connectivity index (χ1n) is 8.25. The number of urea groups is 1. The maximum Gasteiger partial charge on any atom is 0.394 e. The molecule has 2 N–H and O–H groups in total. The Bertz CT molecular complexity index is 738. The van der Waals surface area contributed by atoms with Gasteiger partial charge in [0.15, 0.2) is 0 Å². The van der Waals surface area contributed by atoms with E-state index in [-0.39, 0.29) is 11.6 Å². The molecule has 1 heterocycles. The summed E-state index contributed by atoms with van der Waals surface area (Å²) in [5, 5.41) is 11.4. The largest absolute Gasteiger partial charge is 0.481 e. The molecule has 0 unspecified atom stereocenters. The lowest BCUT2D eigenvalue weighted by atomic mass is 9.96. The quantitative estimate of drug-likeness (QED) is 0.831. The van der Waals surface area contributed by atoms with Gasteiger partial charge in [0, 0.05) is 37.9 Å². The van der Waals surface area contributed by atoms with E-state index in [0.717, 1.165) is 4.90 Å². The van der Waals surface area contributed by atoms with Crippen LogP contribution >= 0.6 is 0 Å². The van der Waals surface area contributed by atoms with Crippen molar-refractivity contribution in [1.82, 2.24) is 9.80 Å². The van der Waals surface area contributed by atoms with E-state index >= 15 is 0 Å². The van der Waals surface area contributed by atoms with E-state index in [9.17, 15) is 27.6 Å². The molecule has 148 valence electrons. The van der Waals surface area contributed by atoms with Crippen molar-refractivity contribution in [2.24, 2.45) is 11.8 Å². The number of likely N-dealkylation sites (tertiary alicyclic amines) is 1. The summed E-state index contributed by atoms with van der Waals surface area (Å²) >= 11 is 0. The van der Waals surface area contributed by atoms with Gasteiger partial charge < -0.3 is 20.2 Å². The number of carboxylic acids is 1. The van der Waals surface area contributed by atoms with Gasteiger partial charge in [-0.15, -0.1) is 0 Å². The maximum atomic E-state index is 13.0. The minimum atomic E-state index is -4.71. The second kappa shape index (κ2) is 7.85. The molecule has 1 fully saturated rings. The number of nitrogens with one attached hydrogen (secondary N) is 1. The average molecular weight is 387 g/mol. The number of hydrogen-bond acceptors (Lipinski definition) is 3. The Labute approximate surface area is 153 Å². The molecule has 3 amide bonds. The van der Waals surface area contributed by atoms with Crippen LogP contribution in [0.15, 0.2) is 24.3 Å². The zero-order valence-electron chi connectivity index (χ0n) is 14.8. The van der Waals surface area contributed by atoms with E-state index < -0.39 is 43.1 Å². The van der Waals surface area contributed by atoms with E-state index in [1.54, 1.807) is 20.0 Å². The van der Waals surface area contributed by atoms with Crippen molar-refractivity contribution in [1.29, 1.82) is 0 Å². The Morgan fingerprint density at radius 1 is 1.30 bits per heavy atom. The first-order valence-corrected chi connectivity index (χ1v) is 8.25. The zero-order chi connectivity index (χ0) is 20.4. The SMILES string of the molecule is CCN(C)C(=O)c1cccc(NC(=O)N2C[C@@H](C(F)(F)F)[C@H](C(=O)O)C2)c1. The summed E-state index contributed by atoms with van der Waals surface area (Å²) in [5.41, 5.74) is 0.549. The summed E-state index contributed by atoms with van der Waals surface area (Å²) < 4.78 is 39.1. The van der Waals surface area contributed by atoms with Gasteiger partial charge >= 0.3 is 18.2 Å². The van der Waals surface area contributed by atoms with Crippen LogP contribution in [0, 0.1) is 11.8 Å². The number of carbonyl (C=O) groups excluding carboxylic acids is 2. The Balaban J connectivity index is 2.12. The lowest BCUT2D eigenvalue weighted by Crippen LogP contribution is -2.35. The van der Waals surface area contributed by atoms with Gasteiger partial charge in [0.05, 0.1) is 11.8 Å². The van der Waals surface area contributed by atoms with Gasteiger partial charge in [-0.05, 0) is 25.1 Å². The number of aliphatic carboxylic acids is 1. The van der Waals surface area contributed by atoms with Crippen molar-refractivity contribution in [3.63, 3.8) is 0 Å². The molecule has 1 saturated heterocycles. The number of nitrogens with zero attached hydrogens (tertiary/aromatic N) is 2. The molecule has 0 radical (unpaired) electrons. The van der Waals surface area contributed by atoms with Crippen molar-refractivity contribution in [3.05, 3.63) is 29.8 Å². The molecule has 2 atom stereocenters. The molecule has 1 aliphatic rings. The van der Waals surface area contributed by atoms with Crippen molar-refractivity contribution < 1.29 is 32.7 Å². The molecule has 10 heteroatoms. The van der Waals surface area contributed by atoms with Crippen molar-refractivity contribution in [2.75, 3.05) is 32.0 Å². The van der Waals surface area contributed by atoms with Crippen LogP contribution in [0.25, 0.3) is 0 Å². The molecule has 2 rings (SSSR count).